The lowest BCUT2D eigenvalue weighted by molar-refractivity contribution is -0.151. The first-order chi connectivity index (χ1) is 18.3. The van der Waals surface area contributed by atoms with E-state index < -0.39 is 17.2 Å². The summed E-state index contributed by atoms with van der Waals surface area (Å²) < 4.78 is 44.9. The Morgan fingerprint density at radius 2 is 1.92 bits per heavy atom. The fourth-order valence-electron chi connectivity index (χ4n) is 5.24. The number of esters is 1. The molecule has 9 heteroatoms. The maximum absolute atomic E-state index is 13.3. The van der Waals surface area contributed by atoms with Crippen LogP contribution in [0, 0.1) is 11.3 Å². The number of carbonyl (C=O) groups excluding carboxylic acids is 1. The van der Waals surface area contributed by atoms with Crippen molar-refractivity contribution < 1.29 is 22.7 Å². The van der Waals surface area contributed by atoms with Gasteiger partial charge in [-0.3, -0.25) is 14.8 Å². The van der Waals surface area contributed by atoms with Crippen LogP contribution in [0.4, 0.5) is 18.9 Å². The second-order valence-corrected chi connectivity index (χ2v) is 9.77. The molecular weight excluding hydrogens is 493 g/mol. The molecule has 5 rings (SSSR count). The first kappa shape index (κ1) is 25.7. The molecule has 1 aromatic carbocycles. The minimum Gasteiger partial charge on any atom is -0.465 e. The van der Waals surface area contributed by atoms with Crippen LogP contribution in [0.5, 0.6) is 0 Å². The maximum atomic E-state index is 13.3. The molecule has 2 aromatic heterocycles. The molecule has 38 heavy (non-hydrogen) atoms. The number of nitrogens with zero attached hydrogens (tertiary/aromatic N) is 4. The van der Waals surface area contributed by atoms with E-state index in [0.29, 0.717) is 37.5 Å². The number of halogens is 3. The van der Waals surface area contributed by atoms with Gasteiger partial charge in [-0.2, -0.15) is 18.4 Å². The first-order valence-electron chi connectivity index (χ1n) is 12.7. The van der Waals surface area contributed by atoms with Crippen molar-refractivity contribution in [3.63, 3.8) is 0 Å². The number of piperidine rings is 1. The average Bonchev–Trinajstić information content (AvgIpc) is 3.78. The van der Waals surface area contributed by atoms with Gasteiger partial charge in [0.1, 0.15) is 6.07 Å². The highest BCUT2D eigenvalue weighted by Gasteiger charge is 2.45. The zero-order chi connectivity index (χ0) is 26.9. The standard InChI is InChI=1S/C29H27F3N4O2/c1-2-38-27(37)28(22-7-9-24(35-18-22)23-4-3-13-34-26(23)19-5-6-19)11-14-36(15-12-28)25-10-8-21(29(30,31)32)16-20(25)17-33/h3-4,7-10,13,16,18-19H,2,5-6,11-12,14-15H2,1H3. The van der Waals surface area contributed by atoms with E-state index in [9.17, 15) is 23.2 Å². The van der Waals surface area contributed by atoms with Crippen LogP contribution >= 0.6 is 0 Å². The Morgan fingerprint density at radius 1 is 1.16 bits per heavy atom. The Labute approximate surface area is 219 Å². The lowest BCUT2D eigenvalue weighted by Crippen LogP contribution is -2.48. The molecule has 0 unspecified atom stereocenters. The van der Waals surface area contributed by atoms with E-state index >= 15 is 0 Å². The molecule has 3 heterocycles. The van der Waals surface area contributed by atoms with Crippen LogP contribution in [0.15, 0.2) is 54.9 Å². The van der Waals surface area contributed by atoms with Crippen molar-refractivity contribution in [3.05, 3.63) is 77.2 Å². The number of nitriles is 1. The average molecular weight is 521 g/mol. The summed E-state index contributed by atoms with van der Waals surface area (Å²) in [6, 6.07) is 12.8. The maximum Gasteiger partial charge on any atom is 0.416 e. The predicted octanol–water partition coefficient (Wildman–Crippen LogP) is 6.01. The van der Waals surface area contributed by atoms with Gasteiger partial charge >= 0.3 is 12.1 Å². The van der Waals surface area contributed by atoms with Gasteiger partial charge < -0.3 is 9.64 Å². The van der Waals surface area contributed by atoms with Gasteiger partial charge in [-0.05, 0) is 74.6 Å². The smallest absolute Gasteiger partial charge is 0.416 e. The van der Waals surface area contributed by atoms with Crippen molar-refractivity contribution in [1.29, 1.82) is 5.26 Å². The summed E-state index contributed by atoms with van der Waals surface area (Å²) >= 11 is 0. The molecule has 3 aromatic rings. The largest absolute Gasteiger partial charge is 0.465 e. The number of carbonyl (C=O) groups is 1. The third kappa shape index (κ3) is 4.83. The Bertz CT molecular complexity index is 1370. The van der Waals surface area contributed by atoms with Crippen LogP contribution in [0.1, 0.15) is 60.9 Å². The highest BCUT2D eigenvalue weighted by atomic mass is 19.4. The van der Waals surface area contributed by atoms with Crippen molar-refractivity contribution in [2.24, 2.45) is 0 Å². The van der Waals surface area contributed by atoms with Gasteiger partial charge in [0.25, 0.3) is 0 Å². The molecule has 196 valence electrons. The number of rotatable bonds is 6. The molecule has 0 bridgehead atoms. The molecule has 6 nitrogen and oxygen atoms in total. The van der Waals surface area contributed by atoms with Crippen LogP contribution in [-0.4, -0.2) is 35.6 Å². The van der Waals surface area contributed by atoms with Crippen molar-refractivity contribution >= 4 is 11.7 Å². The zero-order valence-corrected chi connectivity index (χ0v) is 21.0. The molecule has 1 aliphatic carbocycles. The van der Waals surface area contributed by atoms with Gasteiger partial charge in [0, 0.05) is 37.0 Å². The third-order valence-corrected chi connectivity index (χ3v) is 7.46. The summed E-state index contributed by atoms with van der Waals surface area (Å²) in [5, 5.41) is 9.52. The summed E-state index contributed by atoms with van der Waals surface area (Å²) in [6.07, 6.45) is 1.99. The summed E-state index contributed by atoms with van der Waals surface area (Å²) in [6.45, 7) is 2.73. The van der Waals surface area contributed by atoms with Gasteiger partial charge in [-0.25, -0.2) is 0 Å². The number of hydrogen-bond donors (Lipinski definition) is 0. The summed E-state index contributed by atoms with van der Waals surface area (Å²) in [4.78, 5) is 24.4. The highest BCUT2D eigenvalue weighted by molar-refractivity contribution is 5.84. The van der Waals surface area contributed by atoms with Crippen LogP contribution in [0.25, 0.3) is 11.3 Å². The van der Waals surface area contributed by atoms with Crippen molar-refractivity contribution in [1.82, 2.24) is 9.97 Å². The van der Waals surface area contributed by atoms with E-state index in [2.05, 4.69) is 4.98 Å². The van der Waals surface area contributed by atoms with Gasteiger partial charge in [-0.1, -0.05) is 6.07 Å². The van der Waals surface area contributed by atoms with E-state index in [-0.39, 0.29) is 18.1 Å². The van der Waals surface area contributed by atoms with E-state index in [4.69, 9.17) is 9.72 Å². The predicted molar refractivity (Wildman–Crippen MR) is 135 cm³/mol. The minimum absolute atomic E-state index is 0.0441. The SMILES string of the molecule is CCOC(=O)C1(c2ccc(-c3cccnc3C3CC3)nc2)CCN(c2ccc(C(F)(F)F)cc2C#N)CC1. The Kier molecular flexibility index (Phi) is 6.82. The van der Waals surface area contributed by atoms with E-state index in [1.165, 1.54) is 6.07 Å². The first-order valence-corrected chi connectivity index (χ1v) is 12.7. The number of hydrogen-bond acceptors (Lipinski definition) is 6. The fourth-order valence-corrected chi connectivity index (χ4v) is 5.24. The van der Waals surface area contributed by atoms with Crippen molar-refractivity contribution in [2.45, 2.75) is 50.1 Å². The molecular formula is C29H27F3N4O2. The number of benzene rings is 1. The Balaban J connectivity index is 1.42. The van der Waals surface area contributed by atoms with Crippen LogP contribution in [0.2, 0.25) is 0 Å². The number of alkyl halides is 3. The molecule has 1 saturated carbocycles. The molecule has 0 radical (unpaired) electrons. The molecule has 0 N–H and O–H groups in total. The van der Waals surface area contributed by atoms with Crippen molar-refractivity contribution in [3.8, 4) is 17.3 Å². The molecule has 0 amide bonds. The van der Waals surface area contributed by atoms with Crippen molar-refractivity contribution in [2.75, 3.05) is 24.6 Å². The second-order valence-electron chi connectivity index (χ2n) is 9.77. The third-order valence-electron chi connectivity index (χ3n) is 7.46. The zero-order valence-electron chi connectivity index (χ0n) is 21.0. The number of pyridine rings is 2. The lowest BCUT2D eigenvalue weighted by Gasteiger charge is -2.41. The molecule has 2 fully saturated rings. The number of ether oxygens (including phenoxy) is 1. The van der Waals surface area contributed by atoms with E-state index in [0.717, 1.165) is 47.5 Å². The lowest BCUT2D eigenvalue weighted by atomic mass is 9.73. The second kappa shape index (κ2) is 10.1. The van der Waals surface area contributed by atoms with E-state index in [1.54, 1.807) is 19.3 Å². The Hall–Kier alpha value is -3.93. The summed E-state index contributed by atoms with van der Waals surface area (Å²) in [7, 11) is 0. The fraction of sp³-hybridized carbons (Fsp3) is 0.379. The number of aromatic nitrogens is 2. The van der Waals surface area contributed by atoms with Gasteiger partial charge in [0.2, 0.25) is 0 Å². The van der Waals surface area contributed by atoms with Crippen LogP contribution < -0.4 is 4.90 Å². The van der Waals surface area contributed by atoms with Gasteiger partial charge in [0.15, 0.2) is 0 Å². The molecule has 0 atom stereocenters. The topological polar surface area (TPSA) is 79.1 Å². The summed E-state index contributed by atoms with van der Waals surface area (Å²) in [5.41, 5.74) is 2.16. The molecule has 1 saturated heterocycles. The minimum atomic E-state index is -4.53. The molecule has 1 aliphatic heterocycles. The van der Waals surface area contributed by atoms with Gasteiger partial charge in [0.05, 0.1) is 40.2 Å². The Morgan fingerprint density at radius 3 is 2.53 bits per heavy atom. The van der Waals surface area contributed by atoms with Crippen LogP contribution in [-0.2, 0) is 21.1 Å². The van der Waals surface area contributed by atoms with E-state index in [1.807, 2.05) is 35.2 Å². The quantitative estimate of drug-likeness (QED) is 0.370. The molecule has 0 spiro atoms. The molecule has 2 aliphatic rings. The monoisotopic (exact) mass is 520 g/mol. The highest BCUT2D eigenvalue weighted by Crippen LogP contribution is 2.44. The summed E-state index contributed by atoms with van der Waals surface area (Å²) in [5.74, 6) is 0.119. The normalized spacial score (nSPS) is 17.1. The van der Waals surface area contributed by atoms with Crippen LogP contribution in [0.3, 0.4) is 0 Å². The van der Waals surface area contributed by atoms with Gasteiger partial charge in [-0.15, -0.1) is 0 Å². The number of anilines is 1.